The van der Waals surface area contributed by atoms with Crippen molar-refractivity contribution >= 4 is 22.8 Å². The first-order valence-corrected chi connectivity index (χ1v) is 9.01. The van der Waals surface area contributed by atoms with Gasteiger partial charge in [0.05, 0.1) is 12.6 Å². The third-order valence-electron chi connectivity index (χ3n) is 4.27. The Morgan fingerprint density at radius 2 is 1.92 bits per heavy atom. The predicted octanol–water partition coefficient (Wildman–Crippen LogP) is 4.03. The SMILES string of the molecule is C=CCCCCCC[C@@H](NC(=O)c1ccc2ccccc2n1)C(=O)OC. The van der Waals surface area contributed by atoms with E-state index < -0.39 is 12.0 Å². The van der Waals surface area contributed by atoms with Gasteiger partial charge >= 0.3 is 5.97 Å². The molecule has 0 saturated carbocycles. The van der Waals surface area contributed by atoms with E-state index in [4.69, 9.17) is 4.74 Å². The van der Waals surface area contributed by atoms with Crippen LogP contribution in [0.1, 0.15) is 49.0 Å². The lowest BCUT2D eigenvalue weighted by Crippen LogP contribution is -2.41. The van der Waals surface area contributed by atoms with Crippen molar-refractivity contribution in [2.45, 2.75) is 44.6 Å². The van der Waals surface area contributed by atoms with Crippen LogP contribution in [0.4, 0.5) is 0 Å². The van der Waals surface area contributed by atoms with Crippen LogP contribution >= 0.6 is 0 Å². The van der Waals surface area contributed by atoms with E-state index >= 15 is 0 Å². The van der Waals surface area contributed by atoms with Crippen molar-refractivity contribution < 1.29 is 14.3 Å². The van der Waals surface area contributed by atoms with E-state index in [0.717, 1.165) is 43.0 Å². The monoisotopic (exact) mass is 354 g/mol. The predicted molar refractivity (Wildman–Crippen MR) is 103 cm³/mol. The number of amides is 1. The second-order valence-electron chi connectivity index (χ2n) is 6.22. The molecule has 0 bridgehead atoms. The fraction of sp³-hybridized carbons (Fsp3) is 0.381. The molecule has 1 aromatic carbocycles. The van der Waals surface area contributed by atoms with E-state index in [-0.39, 0.29) is 5.91 Å². The molecular weight excluding hydrogens is 328 g/mol. The molecule has 2 aromatic rings. The highest BCUT2D eigenvalue weighted by atomic mass is 16.5. The Morgan fingerprint density at radius 3 is 2.69 bits per heavy atom. The number of nitrogens with zero attached hydrogens (tertiary/aromatic N) is 1. The average molecular weight is 354 g/mol. The van der Waals surface area contributed by atoms with E-state index in [0.29, 0.717) is 12.1 Å². The zero-order valence-corrected chi connectivity index (χ0v) is 15.2. The van der Waals surface area contributed by atoms with Crippen LogP contribution in [0, 0.1) is 0 Å². The van der Waals surface area contributed by atoms with E-state index in [1.165, 1.54) is 7.11 Å². The maximum atomic E-state index is 12.5. The van der Waals surface area contributed by atoms with Gasteiger partial charge in [-0.05, 0) is 31.4 Å². The van der Waals surface area contributed by atoms with Crippen LogP contribution in [0.15, 0.2) is 49.1 Å². The molecule has 0 saturated heterocycles. The van der Waals surface area contributed by atoms with Gasteiger partial charge in [0.2, 0.25) is 0 Å². The molecule has 0 aliphatic rings. The number of fused-ring (bicyclic) bond motifs is 1. The lowest BCUT2D eigenvalue weighted by atomic mass is 10.1. The molecule has 5 heteroatoms. The van der Waals surface area contributed by atoms with Gasteiger partial charge in [-0.15, -0.1) is 6.58 Å². The zero-order chi connectivity index (χ0) is 18.8. The summed E-state index contributed by atoms with van der Waals surface area (Å²) in [4.78, 5) is 28.9. The van der Waals surface area contributed by atoms with Gasteiger partial charge in [0.25, 0.3) is 5.91 Å². The third-order valence-corrected chi connectivity index (χ3v) is 4.27. The maximum absolute atomic E-state index is 12.5. The fourth-order valence-corrected chi connectivity index (χ4v) is 2.81. The van der Waals surface area contributed by atoms with E-state index in [9.17, 15) is 9.59 Å². The summed E-state index contributed by atoms with van der Waals surface area (Å²) in [7, 11) is 1.33. The first-order chi connectivity index (χ1) is 12.7. The van der Waals surface area contributed by atoms with Crippen LogP contribution < -0.4 is 5.32 Å². The molecule has 5 nitrogen and oxygen atoms in total. The van der Waals surface area contributed by atoms with Gasteiger partial charge in [0.15, 0.2) is 0 Å². The Morgan fingerprint density at radius 1 is 1.15 bits per heavy atom. The highest BCUT2D eigenvalue weighted by molar-refractivity contribution is 5.97. The van der Waals surface area contributed by atoms with Crippen LogP contribution in [-0.2, 0) is 9.53 Å². The molecule has 1 heterocycles. The Bertz CT molecular complexity index is 758. The number of hydrogen-bond donors (Lipinski definition) is 1. The summed E-state index contributed by atoms with van der Waals surface area (Å²) < 4.78 is 4.83. The number of carbonyl (C=O) groups is 2. The fourth-order valence-electron chi connectivity index (χ4n) is 2.81. The smallest absolute Gasteiger partial charge is 0.328 e. The topological polar surface area (TPSA) is 68.3 Å². The number of hydrogen-bond acceptors (Lipinski definition) is 4. The molecule has 1 atom stereocenters. The van der Waals surface area contributed by atoms with Crippen LogP contribution in [0.25, 0.3) is 10.9 Å². The zero-order valence-electron chi connectivity index (χ0n) is 15.2. The first kappa shape index (κ1) is 19.6. The minimum atomic E-state index is -0.653. The number of aromatic nitrogens is 1. The average Bonchev–Trinajstić information content (AvgIpc) is 2.68. The summed E-state index contributed by atoms with van der Waals surface area (Å²) in [5.74, 6) is -0.789. The number of carbonyl (C=O) groups excluding carboxylic acids is 2. The van der Waals surface area contributed by atoms with Crippen molar-refractivity contribution in [2.75, 3.05) is 7.11 Å². The molecule has 26 heavy (non-hydrogen) atoms. The summed E-state index contributed by atoms with van der Waals surface area (Å²) in [6.45, 7) is 3.71. The summed E-state index contributed by atoms with van der Waals surface area (Å²) in [5.41, 5.74) is 1.04. The second-order valence-corrected chi connectivity index (χ2v) is 6.22. The Balaban J connectivity index is 1.96. The molecule has 2 rings (SSSR count). The molecular formula is C21H26N2O3. The van der Waals surface area contributed by atoms with Crippen molar-refractivity contribution in [1.29, 1.82) is 0 Å². The second kappa shape index (κ2) is 10.3. The molecule has 138 valence electrons. The molecule has 0 unspecified atom stereocenters. The van der Waals surface area contributed by atoms with Crippen LogP contribution in [-0.4, -0.2) is 30.0 Å². The molecule has 0 aliphatic heterocycles. The first-order valence-electron chi connectivity index (χ1n) is 9.01. The summed E-state index contributed by atoms with van der Waals surface area (Å²) in [6.07, 6.45) is 7.51. The standard InChI is InChI=1S/C21H26N2O3/c1-3-4-5-6-7-8-13-19(21(25)26-2)23-20(24)18-15-14-16-11-9-10-12-17(16)22-18/h3,9-12,14-15,19H,1,4-8,13H2,2H3,(H,23,24)/t19-/m1/s1. The number of rotatable bonds is 10. The van der Waals surface area contributed by atoms with Gasteiger partial charge in [-0.3, -0.25) is 4.79 Å². The van der Waals surface area contributed by atoms with Crippen molar-refractivity contribution in [3.8, 4) is 0 Å². The number of pyridine rings is 1. The number of allylic oxidation sites excluding steroid dienone is 1. The van der Waals surface area contributed by atoms with Crippen molar-refractivity contribution in [1.82, 2.24) is 10.3 Å². The molecule has 1 amide bonds. The molecule has 0 spiro atoms. The van der Waals surface area contributed by atoms with Gasteiger partial charge in [-0.1, -0.05) is 49.6 Å². The van der Waals surface area contributed by atoms with Gasteiger partial charge in [0.1, 0.15) is 11.7 Å². The minimum absolute atomic E-state index is 0.295. The number of unbranched alkanes of at least 4 members (excludes halogenated alkanes) is 4. The number of benzene rings is 1. The number of nitrogens with one attached hydrogen (secondary N) is 1. The molecule has 0 radical (unpaired) electrons. The Kier molecular flexibility index (Phi) is 7.80. The molecule has 1 N–H and O–H groups in total. The Hall–Kier alpha value is -2.69. The van der Waals surface area contributed by atoms with Crippen LogP contribution in [0.3, 0.4) is 0 Å². The van der Waals surface area contributed by atoms with Gasteiger partial charge in [0, 0.05) is 5.39 Å². The lowest BCUT2D eigenvalue weighted by Gasteiger charge is -2.16. The Labute approximate surface area is 154 Å². The van der Waals surface area contributed by atoms with Crippen molar-refractivity contribution in [3.05, 3.63) is 54.7 Å². The van der Waals surface area contributed by atoms with Crippen LogP contribution in [0.5, 0.6) is 0 Å². The van der Waals surface area contributed by atoms with E-state index in [2.05, 4.69) is 16.9 Å². The number of methoxy groups -OCH3 is 1. The van der Waals surface area contributed by atoms with E-state index in [1.807, 2.05) is 36.4 Å². The van der Waals surface area contributed by atoms with Gasteiger partial charge in [-0.2, -0.15) is 0 Å². The highest BCUT2D eigenvalue weighted by Gasteiger charge is 2.22. The van der Waals surface area contributed by atoms with Crippen molar-refractivity contribution in [3.63, 3.8) is 0 Å². The molecule has 0 fully saturated rings. The largest absolute Gasteiger partial charge is 0.467 e. The van der Waals surface area contributed by atoms with Crippen LogP contribution in [0.2, 0.25) is 0 Å². The quantitative estimate of drug-likeness (QED) is 0.397. The maximum Gasteiger partial charge on any atom is 0.328 e. The lowest BCUT2D eigenvalue weighted by molar-refractivity contribution is -0.143. The number of ether oxygens (including phenoxy) is 1. The summed E-state index contributed by atoms with van der Waals surface area (Å²) in [6, 6.07) is 10.5. The number of esters is 1. The molecule has 0 aliphatic carbocycles. The van der Waals surface area contributed by atoms with E-state index in [1.54, 1.807) is 6.07 Å². The van der Waals surface area contributed by atoms with Gasteiger partial charge in [-0.25, -0.2) is 9.78 Å². The minimum Gasteiger partial charge on any atom is -0.467 e. The third kappa shape index (κ3) is 5.69. The van der Waals surface area contributed by atoms with Crippen molar-refractivity contribution in [2.24, 2.45) is 0 Å². The summed E-state index contributed by atoms with van der Waals surface area (Å²) >= 11 is 0. The number of para-hydroxylation sites is 1. The van der Waals surface area contributed by atoms with Gasteiger partial charge < -0.3 is 10.1 Å². The highest BCUT2D eigenvalue weighted by Crippen LogP contribution is 2.13. The normalized spacial score (nSPS) is 11.7. The molecule has 1 aromatic heterocycles. The summed E-state index contributed by atoms with van der Waals surface area (Å²) in [5, 5.41) is 3.72.